The van der Waals surface area contributed by atoms with Gasteiger partial charge in [0, 0.05) is 12.1 Å². The predicted octanol–water partition coefficient (Wildman–Crippen LogP) is 4.96. The number of benzene rings is 2. The smallest absolute Gasteiger partial charge is 0.247 e. The van der Waals surface area contributed by atoms with Crippen LogP contribution in [-0.4, -0.2) is 22.0 Å². The second-order valence-corrected chi connectivity index (χ2v) is 9.81. The summed E-state index contributed by atoms with van der Waals surface area (Å²) < 4.78 is 0. The zero-order valence-corrected chi connectivity index (χ0v) is 19.1. The molecule has 0 radical (unpaired) electrons. The highest BCUT2D eigenvalue weighted by Gasteiger charge is 2.41. The second kappa shape index (κ2) is 8.84. The lowest BCUT2D eigenvalue weighted by atomic mass is 9.82. The van der Waals surface area contributed by atoms with Gasteiger partial charge < -0.3 is 0 Å². The van der Waals surface area contributed by atoms with Crippen LogP contribution in [-0.2, 0) is 22.4 Å². The summed E-state index contributed by atoms with van der Waals surface area (Å²) in [5.74, 6) is -0.0485. The first kappa shape index (κ1) is 21.4. The molecule has 2 amide bonds. The molecule has 0 N–H and O–H groups in total. The Morgan fingerprint density at radius 2 is 1.82 bits per heavy atom. The van der Waals surface area contributed by atoms with E-state index in [1.54, 1.807) is 12.1 Å². The molecule has 1 aromatic heterocycles. The first-order valence-electron chi connectivity index (χ1n) is 11.1. The molecule has 164 valence electrons. The molecule has 2 atom stereocenters. The predicted molar refractivity (Wildman–Crippen MR) is 128 cm³/mol. The van der Waals surface area contributed by atoms with Gasteiger partial charge in [0.2, 0.25) is 11.8 Å². The zero-order valence-electron chi connectivity index (χ0n) is 18.3. The van der Waals surface area contributed by atoms with Gasteiger partial charge >= 0.3 is 0 Å². The highest BCUT2D eigenvalue weighted by molar-refractivity contribution is 8.00. The van der Waals surface area contributed by atoms with E-state index < -0.39 is 5.25 Å². The number of nitriles is 1. The van der Waals surface area contributed by atoms with E-state index in [4.69, 9.17) is 4.98 Å². The Balaban J connectivity index is 1.37. The number of imide groups is 1. The molecule has 5 rings (SSSR count). The van der Waals surface area contributed by atoms with Gasteiger partial charge in [0.15, 0.2) is 0 Å². The zero-order chi connectivity index (χ0) is 22.9. The molecule has 3 aromatic rings. The molecule has 1 aliphatic heterocycles. The number of hydrogen-bond donors (Lipinski definition) is 0. The van der Waals surface area contributed by atoms with Crippen LogP contribution in [0.1, 0.15) is 46.7 Å². The Morgan fingerprint density at radius 1 is 1.06 bits per heavy atom. The van der Waals surface area contributed by atoms with Gasteiger partial charge in [-0.25, -0.2) is 9.88 Å². The quantitative estimate of drug-likeness (QED) is 0.522. The van der Waals surface area contributed by atoms with Gasteiger partial charge in [-0.3, -0.25) is 9.59 Å². The molecule has 33 heavy (non-hydrogen) atoms. The Morgan fingerprint density at radius 3 is 2.55 bits per heavy atom. The molecule has 1 fully saturated rings. The monoisotopic (exact) mass is 453 g/mol. The second-order valence-electron chi connectivity index (χ2n) is 8.62. The van der Waals surface area contributed by atoms with Crippen LogP contribution in [0.15, 0.2) is 65.7 Å². The van der Waals surface area contributed by atoms with Crippen LogP contribution >= 0.6 is 11.8 Å². The number of aryl methyl sites for hydroxylation is 2. The summed E-state index contributed by atoms with van der Waals surface area (Å²) in [6.45, 7) is 1.96. The fraction of sp³-hybridized carbons (Fsp3) is 0.259. The minimum Gasteiger partial charge on any atom is -0.274 e. The Hall–Kier alpha value is -3.43. The first-order valence-corrected chi connectivity index (χ1v) is 12.0. The van der Waals surface area contributed by atoms with Crippen molar-refractivity contribution < 1.29 is 9.59 Å². The van der Waals surface area contributed by atoms with Crippen LogP contribution in [0.3, 0.4) is 0 Å². The molecule has 5 nitrogen and oxygen atoms in total. The van der Waals surface area contributed by atoms with Gasteiger partial charge in [-0.15, -0.1) is 0 Å². The van der Waals surface area contributed by atoms with Gasteiger partial charge in [-0.1, -0.05) is 59.8 Å². The van der Waals surface area contributed by atoms with Crippen molar-refractivity contribution in [3.8, 4) is 6.07 Å². The molecular weight excluding hydrogens is 430 g/mol. The standard InChI is InChI=1S/C27H23N3O2S/c1-17-7-10-22(11-8-17)30-25(31)15-24(27(30)32)33-26-21(16-28)14-20-13-19(9-12-23(20)29-26)18-5-3-2-4-6-18/h2-8,10-11,14,19,24H,9,12-13,15H2,1H3/t19-,24+/m0/s1. The maximum absolute atomic E-state index is 13.1. The molecule has 0 bridgehead atoms. The SMILES string of the molecule is Cc1ccc(N2C(=O)C[C@@H](Sc3nc4c(cc3C#N)C[C@@H](c3ccccc3)CC4)C2=O)cc1. The molecule has 0 unspecified atom stereocenters. The maximum atomic E-state index is 13.1. The van der Waals surface area contributed by atoms with Crippen LogP contribution in [0.25, 0.3) is 0 Å². The van der Waals surface area contributed by atoms with E-state index in [-0.39, 0.29) is 18.2 Å². The number of rotatable bonds is 4. The van der Waals surface area contributed by atoms with Gasteiger partial charge in [0.05, 0.1) is 16.5 Å². The highest BCUT2D eigenvalue weighted by Crippen LogP contribution is 2.38. The molecule has 6 heteroatoms. The largest absolute Gasteiger partial charge is 0.274 e. The molecule has 2 heterocycles. The van der Waals surface area contributed by atoms with Crippen LogP contribution in [0.4, 0.5) is 5.69 Å². The number of aromatic nitrogens is 1. The van der Waals surface area contributed by atoms with Crippen molar-refractivity contribution in [2.45, 2.75) is 48.8 Å². The van der Waals surface area contributed by atoms with Crippen molar-refractivity contribution >= 4 is 29.3 Å². The number of pyridine rings is 1. The summed E-state index contributed by atoms with van der Waals surface area (Å²) in [4.78, 5) is 31.8. The van der Waals surface area contributed by atoms with E-state index in [0.717, 1.165) is 36.1 Å². The van der Waals surface area contributed by atoms with Crippen LogP contribution in [0.2, 0.25) is 0 Å². The summed E-state index contributed by atoms with van der Waals surface area (Å²) in [6, 6.07) is 22.0. The van der Waals surface area contributed by atoms with E-state index in [9.17, 15) is 14.9 Å². The summed E-state index contributed by atoms with van der Waals surface area (Å²) >= 11 is 1.24. The van der Waals surface area contributed by atoms with E-state index in [1.165, 1.54) is 22.2 Å². The van der Waals surface area contributed by atoms with Crippen LogP contribution in [0.5, 0.6) is 0 Å². The van der Waals surface area contributed by atoms with E-state index in [0.29, 0.717) is 22.2 Å². The molecule has 1 saturated heterocycles. The molecule has 2 aromatic carbocycles. The van der Waals surface area contributed by atoms with Crippen molar-refractivity contribution in [2.24, 2.45) is 0 Å². The lowest BCUT2D eigenvalue weighted by Gasteiger charge is -2.25. The average Bonchev–Trinajstić information content (AvgIpc) is 3.12. The third-order valence-corrected chi connectivity index (χ3v) is 7.58. The van der Waals surface area contributed by atoms with E-state index in [1.807, 2.05) is 31.2 Å². The van der Waals surface area contributed by atoms with Gasteiger partial charge in [0.1, 0.15) is 11.1 Å². The van der Waals surface area contributed by atoms with Crippen molar-refractivity contribution in [3.63, 3.8) is 0 Å². The Bertz CT molecular complexity index is 1270. The summed E-state index contributed by atoms with van der Waals surface area (Å²) in [5.41, 5.74) is 5.54. The number of nitrogens with zero attached hydrogens (tertiary/aromatic N) is 3. The number of thioether (sulfide) groups is 1. The fourth-order valence-electron chi connectivity index (χ4n) is 4.62. The maximum Gasteiger partial charge on any atom is 0.247 e. The molecule has 0 spiro atoms. The number of amides is 2. The van der Waals surface area contributed by atoms with Gasteiger partial charge in [0.25, 0.3) is 0 Å². The van der Waals surface area contributed by atoms with Crippen LogP contribution in [0, 0.1) is 18.3 Å². The Labute approximate surface area is 197 Å². The lowest BCUT2D eigenvalue weighted by molar-refractivity contribution is -0.121. The van der Waals surface area contributed by atoms with Gasteiger partial charge in [-0.05, 0) is 61.4 Å². The lowest BCUT2D eigenvalue weighted by Crippen LogP contribution is -2.31. The Kier molecular flexibility index (Phi) is 5.74. The van der Waals surface area contributed by atoms with Crippen LogP contribution < -0.4 is 4.90 Å². The van der Waals surface area contributed by atoms with E-state index >= 15 is 0 Å². The van der Waals surface area contributed by atoms with Crippen molar-refractivity contribution in [1.82, 2.24) is 4.98 Å². The molecule has 0 saturated carbocycles. The van der Waals surface area contributed by atoms with Gasteiger partial charge in [-0.2, -0.15) is 5.26 Å². The normalized spacial score (nSPS) is 19.9. The van der Waals surface area contributed by atoms with Crippen molar-refractivity contribution in [2.75, 3.05) is 4.90 Å². The summed E-state index contributed by atoms with van der Waals surface area (Å²) in [7, 11) is 0. The molecular formula is C27H23N3O2S. The number of hydrogen-bond acceptors (Lipinski definition) is 5. The molecule has 1 aliphatic carbocycles. The number of carbonyl (C=O) groups excluding carboxylic acids is 2. The number of fused-ring (bicyclic) bond motifs is 1. The topological polar surface area (TPSA) is 74.1 Å². The highest BCUT2D eigenvalue weighted by atomic mass is 32.2. The minimum atomic E-state index is -0.572. The number of anilines is 1. The summed E-state index contributed by atoms with van der Waals surface area (Å²) in [5, 5.41) is 9.76. The van der Waals surface area contributed by atoms with Crippen molar-refractivity contribution in [3.05, 3.63) is 88.6 Å². The first-order chi connectivity index (χ1) is 16.0. The third-order valence-electron chi connectivity index (χ3n) is 6.39. The number of carbonyl (C=O) groups is 2. The third kappa shape index (κ3) is 4.17. The molecule has 2 aliphatic rings. The average molecular weight is 454 g/mol. The van der Waals surface area contributed by atoms with Crippen molar-refractivity contribution in [1.29, 1.82) is 5.26 Å². The minimum absolute atomic E-state index is 0.108. The van der Waals surface area contributed by atoms with E-state index in [2.05, 4.69) is 30.3 Å². The summed E-state index contributed by atoms with van der Waals surface area (Å²) in [6.07, 6.45) is 2.80. The fourth-order valence-corrected chi connectivity index (χ4v) is 5.72.